The highest BCUT2D eigenvalue weighted by molar-refractivity contribution is 7.14. The van der Waals surface area contributed by atoms with Crippen LogP contribution in [0.25, 0.3) is 55.3 Å². The van der Waals surface area contributed by atoms with Crippen molar-refractivity contribution in [3.63, 3.8) is 0 Å². The van der Waals surface area contributed by atoms with Gasteiger partial charge in [-0.3, -0.25) is 9.78 Å². The van der Waals surface area contributed by atoms with Gasteiger partial charge >= 0.3 is 0 Å². The second kappa shape index (κ2) is 7.08. The van der Waals surface area contributed by atoms with Crippen molar-refractivity contribution < 1.29 is 9.50 Å². The van der Waals surface area contributed by atoms with Crippen LogP contribution in [-0.2, 0) is 13.7 Å². The Kier molecular flexibility index (Phi) is 4.17. The first-order valence-corrected chi connectivity index (χ1v) is 10.7. The van der Waals surface area contributed by atoms with Crippen molar-refractivity contribution in [3.05, 3.63) is 59.5 Å². The van der Waals surface area contributed by atoms with Crippen LogP contribution in [0.15, 0.2) is 48.7 Å². The molecule has 0 bridgehead atoms. The van der Waals surface area contributed by atoms with Crippen LogP contribution in [0.2, 0.25) is 0 Å². The van der Waals surface area contributed by atoms with Crippen molar-refractivity contribution in [2.24, 2.45) is 7.05 Å². The Morgan fingerprint density at radius 1 is 1.03 bits per heavy atom. The van der Waals surface area contributed by atoms with Crippen molar-refractivity contribution in [1.29, 1.82) is 0 Å². The first-order chi connectivity index (χ1) is 15.6. The number of fused-ring (bicyclic) bond motifs is 2. The van der Waals surface area contributed by atoms with Crippen molar-refractivity contribution in [2.75, 3.05) is 0 Å². The molecule has 6 aromatic rings. The number of nitrogens with one attached hydrogen (secondary N) is 2. The summed E-state index contributed by atoms with van der Waals surface area (Å²) in [5.41, 5.74) is 6.42. The fourth-order valence-electron chi connectivity index (χ4n) is 3.88. The van der Waals surface area contributed by atoms with Gasteiger partial charge in [0.1, 0.15) is 5.52 Å². The van der Waals surface area contributed by atoms with E-state index in [1.807, 2.05) is 36.5 Å². The Morgan fingerprint density at radius 3 is 2.75 bits per heavy atom. The van der Waals surface area contributed by atoms with Gasteiger partial charge in [0, 0.05) is 29.2 Å². The van der Waals surface area contributed by atoms with Gasteiger partial charge in [-0.25, -0.2) is 9.97 Å². The third-order valence-corrected chi connectivity index (χ3v) is 6.22. The van der Waals surface area contributed by atoms with Crippen LogP contribution in [0, 0.1) is 5.13 Å². The maximum Gasteiger partial charge on any atom is 0.176 e. The molecule has 3 N–H and O–H groups in total. The zero-order chi connectivity index (χ0) is 21.8. The number of aromatic amines is 2. The number of benzene rings is 1. The number of aryl methyl sites for hydroxylation is 1. The average Bonchev–Trinajstić information content (AvgIpc) is 3.57. The minimum atomic E-state index is -0.236. The molecule has 0 amide bonds. The molecule has 0 saturated heterocycles. The summed E-state index contributed by atoms with van der Waals surface area (Å²) >= 11 is 1.09. The lowest BCUT2D eigenvalue weighted by atomic mass is 10.1. The van der Waals surface area contributed by atoms with E-state index < -0.39 is 0 Å². The summed E-state index contributed by atoms with van der Waals surface area (Å²) in [5.74, 6) is 0.564. The summed E-state index contributed by atoms with van der Waals surface area (Å²) in [6.45, 7) is -0.177. The summed E-state index contributed by atoms with van der Waals surface area (Å²) < 4.78 is 15.2. The van der Waals surface area contributed by atoms with Crippen LogP contribution >= 0.6 is 11.3 Å². The number of thiophene rings is 1. The summed E-state index contributed by atoms with van der Waals surface area (Å²) in [7, 11) is 1.80. The maximum atomic E-state index is 13.6. The standard InChI is InChI=1S/C22H16FN7OS/c1-30-9-12(16(10-31)29-30)13-5-6-15-20(24-13)21(28-27-15)22-25-14-4-2-3-11(19(14)26-22)17-7-8-18(23)32-17/h2-9,31H,10H2,1H3,(H,25,26)(H,27,28). The average molecular weight is 445 g/mol. The van der Waals surface area contributed by atoms with Gasteiger partial charge in [0.05, 0.1) is 34.5 Å². The molecular formula is C22H16FN7OS. The lowest BCUT2D eigenvalue weighted by Crippen LogP contribution is -1.91. The monoisotopic (exact) mass is 445 g/mol. The van der Waals surface area contributed by atoms with Crippen LogP contribution in [0.3, 0.4) is 0 Å². The SMILES string of the molecule is Cn1cc(-c2ccc3[nH]nc(-c4nc5c(-c6ccc(F)s6)cccc5[nH]4)c3n2)c(CO)n1. The molecule has 0 saturated carbocycles. The van der Waals surface area contributed by atoms with Gasteiger partial charge in [0.2, 0.25) is 0 Å². The smallest absolute Gasteiger partial charge is 0.176 e. The number of H-pyrrole nitrogens is 2. The predicted molar refractivity (Wildman–Crippen MR) is 120 cm³/mol. The van der Waals surface area contributed by atoms with E-state index in [2.05, 4.69) is 20.3 Å². The number of pyridine rings is 1. The zero-order valence-corrected chi connectivity index (χ0v) is 17.6. The number of aliphatic hydroxyl groups excluding tert-OH is 1. The van der Waals surface area contributed by atoms with Crippen molar-refractivity contribution in [2.45, 2.75) is 6.61 Å². The molecular weight excluding hydrogens is 429 g/mol. The number of halogens is 1. The van der Waals surface area contributed by atoms with Gasteiger partial charge < -0.3 is 10.1 Å². The van der Waals surface area contributed by atoms with Gasteiger partial charge in [-0.05, 0) is 30.3 Å². The van der Waals surface area contributed by atoms with Gasteiger partial charge in [0.25, 0.3) is 0 Å². The van der Waals surface area contributed by atoms with Gasteiger partial charge in [-0.1, -0.05) is 12.1 Å². The summed E-state index contributed by atoms with van der Waals surface area (Å²) in [4.78, 5) is 13.7. The van der Waals surface area contributed by atoms with Crippen LogP contribution in [0.5, 0.6) is 0 Å². The van der Waals surface area contributed by atoms with Crippen molar-refractivity contribution >= 4 is 33.4 Å². The fourth-order valence-corrected chi connectivity index (χ4v) is 4.64. The van der Waals surface area contributed by atoms with E-state index >= 15 is 0 Å². The molecule has 0 atom stereocenters. The first-order valence-electron chi connectivity index (χ1n) is 9.84. The van der Waals surface area contributed by atoms with Crippen molar-refractivity contribution in [3.8, 4) is 33.2 Å². The molecule has 32 heavy (non-hydrogen) atoms. The Bertz CT molecular complexity index is 1610. The van der Waals surface area contributed by atoms with E-state index in [0.717, 1.165) is 43.9 Å². The third kappa shape index (κ3) is 2.92. The van der Waals surface area contributed by atoms with Gasteiger partial charge in [0.15, 0.2) is 16.6 Å². The van der Waals surface area contributed by atoms with E-state index in [1.165, 1.54) is 6.07 Å². The van der Waals surface area contributed by atoms with Crippen molar-refractivity contribution in [1.82, 2.24) is 34.9 Å². The van der Waals surface area contributed by atoms with E-state index in [-0.39, 0.29) is 11.7 Å². The molecule has 0 aliphatic rings. The summed E-state index contributed by atoms with van der Waals surface area (Å²) in [5, 5.41) is 21.1. The van der Waals surface area contributed by atoms with Crippen LogP contribution in [0.1, 0.15) is 5.69 Å². The molecule has 5 heterocycles. The Labute approximate surface area is 184 Å². The molecule has 0 unspecified atom stereocenters. The minimum absolute atomic E-state index is 0.177. The molecule has 0 radical (unpaired) electrons. The van der Waals surface area contributed by atoms with Crippen LogP contribution < -0.4 is 0 Å². The predicted octanol–water partition coefficient (Wildman–Crippen LogP) is 4.26. The number of rotatable bonds is 4. The molecule has 5 aromatic heterocycles. The van der Waals surface area contributed by atoms with Crippen LogP contribution in [-0.4, -0.2) is 40.0 Å². The molecule has 1 aromatic carbocycles. The highest BCUT2D eigenvalue weighted by Gasteiger charge is 2.18. The number of imidazole rings is 1. The van der Waals surface area contributed by atoms with Gasteiger partial charge in [-0.2, -0.15) is 14.6 Å². The van der Waals surface area contributed by atoms with E-state index in [4.69, 9.17) is 9.97 Å². The Balaban J connectivity index is 1.51. The molecule has 0 aliphatic heterocycles. The lowest BCUT2D eigenvalue weighted by molar-refractivity contribution is 0.276. The Hall–Kier alpha value is -3.89. The second-order valence-corrected chi connectivity index (χ2v) is 8.41. The minimum Gasteiger partial charge on any atom is -0.390 e. The number of aromatic nitrogens is 7. The maximum absolute atomic E-state index is 13.6. The molecule has 0 spiro atoms. The third-order valence-electron chi connectivity index (χ3n) is 5.31. The largest absolute Gasteiger partial charge is 0.390 e. The number of nitrogens with zero attached hydrogens (tertiary/aromatic N) is 5. The highest BCUT2D eigenvalue weighted by atomic mass is 32.1. The van der Waals surface area contributed by atoms with E-state index in [9.17, 15) is 9.50 Å². The van der Waals surface area contributed by atoms with E-state index in [0.29, 0.717) is 28.4 Å². The number of aliphatic hydroxyl groups is 1. The normalized spacial score (nSPS) is 11.7. The highest BCUT2D eigenvalue weighted by Crippen LogP contribution is 2.34. The topological polar surface area (TPSA) is 108 Å². The summed E-state index contributed by atoms with van der Waals surface area (Å²) in [6, 6.07) is 12.7. The lowest BCUT2D eigenvalue weighted by Gasteiger charge is -2.00. The molecule has 8 nitrogen and oxygen atoms in total. The molecule has 158 valence electrons. The fraction of sp³-hybridized carbons (Fsp3) is 0.0909. The molecule has 6 rings (SSSR count). The van der Waals surface area contributed by atoms with Crippen LogP contribution in [0.4, 0.5) is 4.39 Å². The molecule has 0 aliphatic carbocycles. The summed E-state index contributed by atoms with van der Waals surface area (Å²) in [6.07, 6.45) is 1.83. The number of hydrogen-bond donors (Lipinski definition) is 3. The quantitative estimate of drug-likeness (QED) is 0.376. The Morgan fingerprint density at radius 2 is 1.94 bits per heavy atom. The molecule has 10 heteroatoms. The van der Waals surface area contributed by atoms with Gasteiger partial charge in [-0.15, -0.1) is 11.3 Å². The number of hydrogen-bond acceptors (Lipinski definition) is 6. The second-order valence-electron chi connectivity index (χ2n) is 7.38. The van der Waals surface area contributed by atoms with E-state index in [1.54, 1.807) is 17.8 Å². The zero-order valence-electron chi connectivity index (χ0n) is 16.8. The first kappa shape index (κ1) is 18.8. The molecule has 0 fully saturated rings. The number of para-hydroxylation sites is 1.